The summed E-state index contributed by atoms with van der Waals surface area (Å²) in [5, 5.41) is 20.1. The number of rotatable bonds is 5. The van der Waals surface area contributed by atoms with Crippen molar-refractivity contribution in [1.29, 1.82) is 0 Å². The zero-order valence-electron chi connectivity index (χ0n) is 18.8. The number of aromatic nitrogens is 5. The van der Waals surface area contributed by atoms with E-state index in [1.165, 1.54) is 24.1 Å². The Morgan fingerprint density at radius 3 is 2.44 bits per heavy atom. The van der Waals surface area contributed by atoms with E-state index in [0.29, 0.717) is 28.0 Å². The molecule has 11 heteroatoms. The lowest BCUT2D eigenvalue weighted by Gasteiger charge is -2.30. The molecule has 1 N–H and O–H groups in total. The Morgan fingerprint density at radius 1 is 1.12 bits per heavy atom. The number of nitrogens with zero attached hydrogens (tertiary/aromatic N) is 5. The van der Waals surface area contributed by atoms with Gasteiger partial charge in [-0.15, -0.1) is 5.10 Å². The van der Waals surface area contributed by atoms with Gasteiger partial charge in [-0.1, -0.05) is 28.9 Å². The van der Waals surface area contributed by atoms with Crippen LogP contribution in [0.5, 0.6) is 5.88 Å². The van der Waals surface area contributed by atoms with Gasteiger partial charge in [0.2, 0.25) is 5.88 Å². The molecule has 3 heterocycles. The van der Waals surface area contributed by atoms with Crippen LogP contribution in [0, 0.1) is 13.8 Å². The molecule has 1 aromatic carbocycles. The number of aliphatic hydroxyl groups is 1. The number of hydrogen-bond donors (Lipinski definition) is 1. The summed E-state index contributed by atoms with van der Waals surface area (Å²) in [6.45, 7) is 3.59. The average molecular weight is 492 g/mol. The molecule has 0 aliphatic carbocycles. The Labute approximate surface area is 198 Å². The van der Waals surface area contributed by atoms with E-state index < -0.39 is 18.2 Å². The van der Waals surface area contributed by atoms with Gasteiger partial charge in [0.05, 0.1) is 36.0 Å². The highest BCUT2D eigenvalue weighted by atomic mass is 35.5. The Bertz CT molecular complexity index is 1390. The fraction of sp³-hybridized carbons (Fsp3) is 0.304. The molecule has 0 aliphatic heterocycles. The highest BCUT2D eigenvalue weighted by Crippen LogP contribution is 2.41. The van der Waals surface area contributed by atoms with Crippen LogP contribution in [0.1, 0.15) is 33.8 Å². The zero-order valence-corrected chi connectivity index (χ0v) is 19.5. The largest absolute Gasteiger partial charge is 0.481 e. The minimum atomic E-state index is -4.52. The number of hydrogen-bond acceptors (Lipinski definition) is 6. The van der Waals surface area contributed by atoms with Crippen molar-refractivity contribution in [3.05, 3.63) is 75.3 Å². The first-order chi connectivity index (χ1) is 16.0. The van der Waals surface area contributed by atoms with Gasteiger partial charge in [0, 0.05) is 34.9 Å². The molecular formula is C23H21ClF3N5O2. The van der Waals surface area contributed by atoms with Crippen LogP contribution in [0.15, 0.2) is 36.5 Å². The second-order valence-electron chi connectivity index (χ2n) is 7.98. The summed E-state index contributed by atoms with van der Waals surface area (Å²) in [7, 11) is 2.87. The van der Waals surface area contributed by atoms with E-state index in [1.807, 2.05) is 6.92 Å². The summed E-state index contributed by atoms with van der Waals surface area (Å²) in [5.41, 5.74) is 0.753. The van der Waals surface area contributed by atoms with E-state index in [9.17, 15) is 18.3 Å². The second-order valence-corrected chi connectivity index (χ2v) is 8.35. The molecule has 0 saturated carbocycles. The molecule has 1 atom stereocenters. The lowest BCUT2D eigenvalue weighted by atomic mass is 9.82. The van der Waals surface area contributed by atoms with Gasteiger partial charge in [-0.05, 0) is 37.6 Å². The maximum atomic E-state index is 13.2. The molecule has 0 saturated heterocycles. The van der Waals surface area contributed by atoms with Crippen molar-refractivity contribution in [3.8, 4) is 5.88 Å². The van der Waals surface area contributed by atoms with Crippen molar-refractivity contribution < 1.29 is 23.0 Å². The molecule has 0 fully saturated rings. The molecule has 0 radical (unpaired) electrons. The molecule has 0 bridgehead atoms. The lowest BCUT2D eigenvalue weighted by molar-refractivity contribution is -0.127. The summed E-state index contributed by atoms with van der Waals surface area (Å²) in [6.07, 6.45) is -4.40. The van der Waals surface area contributed by atoms with Crippen LogP contribution in [0.3, 0.4) is 0 Å². The number of halogens is 4. The van der Waals surface area contributed by atoms with Crippen LogP contribution < -0.4 is 4.74 Å². The summed E-state index contributed by atoms with van der Waals surface area (Å²) < 4.78 is 46.2. The van der Waals surface area contributed by atoms with Crippen molar-refractivity contribution in [2.45, 2.75) is 32.0 Å². The van der Waals surface area contributed by atoms with Crippen molar-refractivity contribution >= 4 is 22.5 Å². The van der Waals surface area contributed by atoms with Crippen LogP contribution in [-0.4, -0.2) is 43.4 Å². The SMILES string of the molecule is COc1nc2ccc([C@](O)(c3ccc(C)nc3C)c3cnnn3C)cc2c(Cl)c1CC(F)(F)F. The number of benzene rings is 1. The normalized spacial score (nSPS) is 13.8. The van der Waals surface area contributed by atoms with Gasteiger partial charge >= 0.3 is 6.18 Å². The monoisotopic (exact) mass is 491 g/mol. The predicted molar refractivity (Wildman–Crippen MR) is 120 cm³/mol. The highest BCUT2D eigenvalue weighted by molar-refractivity contribution is 6.36. The van der Waals surface area contributed by atoms with Gasteiger partial charge in [-0.2, -0.15) is 13.2 Å². The van der Waals surface area contributed by atoms with Gasteiger partial charge in [0.15, 0.2) is 5.60 Å². The maximum Gasteiger partial charge on any atom is 0.393 e. The quantitative estimate of drug-likeness (QED) is 0.444. The zero-order chi connectivity index (χ0) is 24.8. The third kappa shape index (κ3) is 4.07. The molecule has 0 spiro atoms. The van der Waals surface area contributed by atoms with Crippen molar-refractivity contribution in [1.82, 2.24) is 25.0 Å². The molecule has 7 nitrogen and oxygen atoms in total. The van der Waals surface area contributed by atoms with Gasteiger partial charge < -0.3 is 9.84 Å². The van der Waals surface area contributed by atoms with E-state index in [4.69, 9.17) is 16.3 Å². The fourth-order valence-corrected chi connectivity index (χ4v) is 4.42. The lowest BCUT2D eigenvalue weighted by Crippen LogP contribution is -2.32. The third-order valence-corrected chi connectivity index (χ3v) is 6.10. The smallest absolute Gasteiger partial charge is 0.393 e. The minimum Gasteiger partial charge on any atom is -0.481 e. The molecule has 4 rings (SSSR count). The van der Waals surface area contributed by atoms with Gasteiger partial charge in [0.1, 0.15) is 0 Å². The molecule has 0 unspecified atom stereocenters. The Hall–Kier alpha value is -3.24. The summed E-state index contributed by atoms with van der Waals surface area (Å²) >= 11 is 6.46. The molecule has 34 heavy (non-hydrogen) atoms. The van der Waals surface area contributed by atoms with Crippen LogP contribution in [0.25, 0.3) is 10.9 Å². The predicted octanol–water partition coefficient (Wildman–Crippen LogP) is 4.43. The number of alkyl halides is 3. The van der Waals surface area contributed by atoms with Gasteiger partial charge in [0.25, 0.3) is 0 Å². The second kappa shape index (κ2) is 8.52. The third-order valence-electron chi connectivity index (χ3n) is 5.67. The topological polar surface area (TPSA) is 85.9 Å². The number of pyridine rings is 2. The summed E-state index contributed by atoms with van der Waals surface area (Å²) in [4.78, 5) is 8.69. The molecular weight excluding hydrogens is 471 g/mol. The summed E-state index contributed by atoms with van der Waals surface area (Å²) in [6, 6.07) is 8.23. The van der Waals surface area contributed by atoms with Crippen LogP contribution in [-0.2, 0) is 19.1 Å². The number of aryl methyl sites for hydroxylation is 3. The number of methoxy groups -OCH3 is 1. The van der Waals surface area contributed by atoms with Crippen molar-refractivity contribution in [2.24, 2.45) is 7.05 Å². The molecule has 178 valence electrons. The molecule has 0 aliphatic rings. The first-order valence-electron chi connectivity index (χ1n) is 10.2. The standard InChI is InChI=1S/C23H21ClF3N5O2/c1-12-5-7-17(13(2)29-12)23(33,19-11-28-31-32(19)3)14-6-8-18-15(9-14)20(24)16(10-22(25,26)27)21(30-18)34-4/h5-9,11,33H,10H2,1-4H3/t23-/m0/s1. The number of fused-ring (bicyclic) bond motifs is 1. The molecule has 3 aromatic heterocycles. The van der Waals surface area contributed by atoms with E-state index in [0.717, 1.165) is 5.69 Å². The fourth-order valence-electron chi connectivity index (χ4n) is 4.12. The number of ether oxygens (including phenoxy) is 1. The van der Waals surface area contributed by atoms with Crippen molar-refractivity contribution in [3.63, 3.8) is 0 Å². The van der Waals surface area contributed by atoms with Gasteiger partial charge in [-0.25, -0.2) is 9.67 Å². The Balaban J connectivity index is 2.02. The van der Waals surface area contributed by atoms with Crippen LogP contribution in [0.2, 0.25) is 5.02 Å². The maximum absolute atomic E-state index is 13.2. The highest BCUT2D eigenvalue weighted by Gasteiger charge is 2.39. The first kappa shape index (κ1) is 23.9. The minimum absolute atomic E-state index is 0.148. The van der Waals surface area contributed by atoms with E-state index in [-0.39, 0.29) is 21.9 Å². The average Bonchev–Trinajstić information content (AvgIpc) is 3.20. The van der Waals surface area contributed by atoms with Crippen LogP contribution >= 0.6 is 11.6 Å². The van der Waals surface area contributed by atoms with Crippen molar-refractivity contribution in [2.75, 3.05) is 7.11 Å². The molecule has 0 amide bonds. The Morgan fingerprint density at radius 2 is 1.85 bits per heavy atom. The first-order valence-corrected chi connectivity index (χ1v) is 10.6. The van der Waals surface area contributed by atoms with E-state index in [2.05, 4.69) is 20.3 Å². The van der Waals surface area contributed by atoms with E-state index in [1.54, 1.807) is 38.2 Å². The summed E-state index contributed by atoms with van der Waals surface area (Å²) in [5.74, 6) is -0.202. The molecule has 4 aromatic rings. The van der Waals surface area contributed by atoms with Crippen LogP contribution in [0.4, 0.5) is 13.2 Å². The van der Waals surface area contributed by atoms with Gasteiger partial charge in [-0.3, -0.25) is 4.98 Å². The van der Waals surface area contributed by atoms with E-state index >= 15 is 0 Å². The Kier molecular flexibility index (Phi) is 5.99.